The van der Waals surface area contributed by atoms with Gasteiger partial charge in [0.2, 0.25) is 0 Å². The van der Waals surface area contributed by atoms with E-state index in [0.717, 1.165) is 19.3 Å². The van der Waals surface area contributed by atoms with Crippen LogP contribution in [0.5, 0.6) is 0 Å². The summed E-state index contributed by atoms with van der Waals surface area (Å²) in [7, 11) is 0. The minimum absolute atomic E-state index is 0.102. The van der Waals surface area contributed by atoms with Crippen LogP contribution in [0.15, 0.2) is 23.8 Å². The summed E-state index contributed by atoms with van der Waals surface area (Å²) >= 11 is 0. The average Bonchev–Trinajstić information content (AvgIpc) is 3.08. The quantitative estimate of drug-likeness (QED) is 0.120. The van der Waals surface area contributed by atoms with E-state index in [-0.39, 0.29) is 13.2 Å². The van der Waals surface area contributed by atoms with Crippen LogP contribution in [0.3, 0.4) is 0 Å². The van der Waals surface area contributed by atoms with Gasteiger partial charge in [-0.25, -0.2) is 4.79 Å². The molecule has 0 saturated carbocycles. The number of carbonyl (C=O) groups excluding carboxylic acids is 2. The Bertz CT molecular complexity index is 566. The van der Waals surface area contributed by atoms with Gasteiger partial charge in [-0.1, -0.05) is 76.5 Å². The maximum Gasteiger partial charge on any atom is 0.334 e. The SMILES string of the molecule is CCCCCCCC/C=C/CCCCCCC/C=C1/CC(CO)(COC(C)=O)OC1=O. The number of hydrogen-bond donors (Lipinski definition) is 1. The molecule has 1 saturated heterocycles. The zero-order valence-corrected chi connectivity index (χ0v) is 19.8. The van der Waals surface area contributed by atoms with Gasteiger partial charge in [-0.05, 0) is 38.5 Å². The highest BCUT2D eigenvalue weighted by molar-refractivity contribution is 5.91. The molecule has 178 valence electrons. The molecule has 1 aliphatic rings. The fraction of sp³-hybridized carbons (Fsp3) is 0.769. The topological polar surface area (TPSA) is 72.8 Å². The molecule has 1 unspecified atom stereocenters. The van der Waals surface area contributed by atoms with Gasteiger partial charge >= 0.3 is 11.9 Å². The second-order valence-corrected chi connectivity index (χ2v) is 8.79. The second-order valence-electron chi connectivity index (χ2n) is 8.79. The first-order valence-corrected chi connectivity index (χ1v) is 12.3. The van der Waals surface area contributed by atoms with E-state index in [9.17, 15) is 14.7 Å². The number of cyclic esters (lactones) is 1. The van der Waals surface area contributed by atoms with Crippen LogP contribution in [0.25, 0.3) is 0 Å². The van der Waals surface area contributed by atoms with Crippen molar-refractivity contribution in [2.75, 3.05) is 13.2 Å². The third-order valence-corrected chi connectivity index (χ3v) is 5.77. The van der Waals surface area contributed by atoms with Gasteiger partial charge in [0.25, 0.3) is 0 Å². The highest BCUT2D eigenvalue weighted by atomic mass is 16.6. The summed E-state index contributed by atoms with van der Waals surface area (Å²) in [5.41, 5.74) is -0.534. The summed E-state index contributed by atoms with van der Waals surface area (Å²) in [6.07, 6.45) is 24.2. The minimum atomic E-state index is -1.11. The molecule has 0 aromatic rings. The highest BCUT2D eigenvalue weighted by Gasteiger charge is 2.44. The largest absolute Gasteiger partial charge is 0.462 e. The zero-order valence-electron chi connectivity index (χ0n) is 19.8. The molecule has 0 aromatic carbocycles. The summed E-state index contributed by atoms with van der Waals surface area (Å²) in [5.74, 6) is -0.858. The lowest BCUT2D eigenvalue weighted by Crippen LogP contribution is -2.39. The molecule has 0 aliphatic carbocycles. The lowest BCUT2D eigenvalue weighted by atomic mass is 9.98. The molecule has 1 rings (SSSR count). The maximum absolute atomic E-state index is 12.0. The minimum Gasteiger partial charge on any atom is -0.462 e. The number of aliphatic hydroxyl groups is 1. The molecular formula is C26H44O5. The zero-order chi connectivity index (χ0) is 22.8. The van der Waals surface area contributed by atoms with Gasteiger partial charge in [-0.15, -0.1) is 0 Å². The number of rotatable bonds is 18. The molecule has 5 heteroatoms. The van der Waals surface area contributed by atoms with E-state index < -0.39 is 17.5 Å². The molecule has 0 spiro atoms. The van der Waals surface area contributed by atoms with E-state index in [2.05, 4.69) is 19.1 Å². The van der Waals surface area contributed by atoms with Gasteiger partial charge in [-0.2, -0.15) is 0 Å². The van der Waals surface area contributed by atoms with Crippen LogP contribution in [0.2, 0.25) is 0 Å². The molecule has 0 bridgehead atoms. The summed E-state index contributed by atoms with van der Waals surface area (Å²) < 4.78 is 10.2. The Morgan fingerprint density at radius 3 is 2.06 bits per heavy atom. The number of hydrogen-bond acceptors (Lipinski definition) is 5. The maximum atomic E-state index is 12.0. The molecule has 1 atom stereocenters. The number of esters is 2. The normalized spacial score (nSPS) is 20.0. The van der Waals surface area contributed by atoms with Crippen molar-refractivity contribution in [1.29, 1.82) is 0 Å². The van der Waals surface area contributed by atoms with Crippen LogP contribution in [0.4, 0.5) is 0 Å². The van der Waals surface area contributed by atoms with E-state index >= 15 is 0 Å². The van der Waals surface area contributed by atoms with Crippen molar-refractivity contribution in [3.05, 3.63) is 23.8 Å². The van der Waals surface area contributed by atoms with Gasteiger partial charge in [0, 0.05) is 18.9 Å². The lowest BCUT2D eigenvalue weighted by molar-refractivity contribution is -0.164. The predicted octanol–water partition coefficient (Wildman–Crippen LogP) is 6.19. The predicted molar refractivity (Wildman–Crippen MR) is 125 cm³/mol. The molecule has 31 heavy (non-hydrogen) atoms. The second kappa shape index (κ2) is 17.0. The van der Waals surface area contributed by atoms with Crippen LogP contribution in [-0.4, -0.2) is 35.9 Å². The molecule has 1 heterocycles. The van der Waals surface area contributed by atoms with Crippen LogP contribution in [-0.2, 0) is 19.1 Å². The fourth-order valence-electron chi connectivity index (χ4n) is 3.81. The van der Waals surface area contributed by atoms with E-state index in [1.165, 1.54) is 77.6 Å². The molecular weight excluding hydrogens is 392 g/mol. The van der Waals surface area contributed by atoms with Gasteiger partial charge in [-0.3, -0.25) is 4.79 Å². The summed E-state index contributed by atoms with van der Waals surface area (Å²) in [5, 5.41) is 9.58. The number of aliphatic hydroxyl groups excluding tert-OH is 1. The molecule has 1 aliphatic heterocycles. The van der Waals surface area contributed by atoms with Crippen molar-refractivity contribution >= 4 is 11.9 Å². The number of carbonyl (C=O) groups is 2. The lowest BCUT2D eigenvalue weighted by Gasteiger charge is -2.23. The van der Waals surface area contributed by atoms with Gasteiger partial charge in [0.05, 0.1) is 6.61 Å². The summed E-state index contributed by atoms with van der Waals surface area (Å²) in [4.78, 5) is 23.0. The molecule has 1 N–H and O–H groups in total. The van der Waals surface area contributed by atoms with Crippen molar-refractivity contribution in [2.24, 2.45) is 0 Å². The molecule has 0 aromatic heterocycles. The Kier molecular flexibility index (Phi) is 15.0. The van der Waals surface area contributed by atoms with Crippen molar-refractivity contribution in [1.82, 2.24) is 0 Å². The van der Waals surface area contributed by atoms with Crippen molar-refractivity contribution in [3.63, 3.8) is 0 Å². The standard InChI is InChI=1S/C26H44O5/c1-3-4-5-6-7-8-9-10-11-12-13-14-15-16-17-18-19-24-20-26(21-27,31-25(24)29)22-30-23(2)28/h10-11,19,27H,3-9,12-18,20-22H2,1-2H3/b11-10+,24-19-. The van der Waals surface area contributed by atoms with Crippen LogP contribution in [0, 0.1) is 0 Å². The van der Waals surface area contributed by atoms with Gasteiger partial charge in [0.1, 0.15) is 6.61 Å². The van der Waals surface area contributed by atoms with Crippen molar-refractivity contribution in [2.45, 2.75) is 116 Å². The molecule has 1 fully saturated rings. The monoisotopic (exact) mass is 436 g/mol. The first-order chi connectivity index (χ1) is 15.0. The Hall–Kier alpha value is -1.62. The smallest absolute Gasteiger partial charge is 0.334 e. The molecule has 0 radical (unpaired) electrons. The Balaban J connectivity index is 2.04. The Labute approximate surface area is 189 Å². The molecule has 5 nitrogen and oxygen atoms in total. The summed E-state index contributed by atoms with van der Waals surface area (Å²) in [6.45, 7) is 3.10. The average molecular weight is 437 g/mol. The first kappa shape index (κ1) is 27.4. The van der Waals surface area contributed by atoms with Gasteiger partial charge < -0.3 is 14.6 Å². The Morgan fingerprint density at radius 1 is 0.968 bits per heavy atom. The van der Waals surface area contributed by atoms with E-state index in [1.54, 1.807) is 0 Å². The van der Waals surface area contributed by atoms with E-state index in [0.29, 0.717) is 12.0 Å². The van der Waals surface area contributed by atoms with E-state index in [1.807, 2.05) is 6.08 Å². The highest BCUT2D eigenvalue weighted by Crippen LogP contribution is 2.31. The third kappa shape index (κ3) is 12.7. The van der Waals surface area contributed by atoms with E-state index in [4.69, 9.17) is 9.47 Å². The summed E-state index contributed by atoms with van der Waals surface area (Å²) in [6, 6.07) is 0. The molecule has 0 amide bonds. The van der Waals surface area contributed by atoms with Crippen LogP contribution >= 0.6 is 0 Å². The third-order valence-electron chi connectivity index (χ3n) is 5.77. The van der Waals surface area contributed by atoms with Gasteiger partial charge in [0.15, 0.2) is 5.60 Å². The van der Waals surface area contributed by atoms with Crippen molar-refractivity contribution in [3.8, 4) is 0 Å². The van der Waals surface area contributed by atoms with Crippen LogP contribution < -0.4 is 0 Å². The number of unbranched alkanes of at least 4 members (excludes halogenated alkanes) is 12. The fourth-order valence-corrected chi connectivity index (χ4v) is 3.81. The first-order valence-electron chi connectivity index (χ1n) is 12.3. The van der Waals surface area contributed by atoms with Crippen molar-refractivity contribution < 1.29 is 24.2 Å². The van der Waals surface area contributed by atoms with Crippen LogP contribution in [0.1, 0.15) is 110 Å². The Morgan fingerprint density at radius 2 is 1.52 bits per heavy atom. The number of allylic oxidation sites excluding steroid dienone is 3. The number of ether oxygens (including phenoxy) is 2.